The first-order valence-electron chi connectivity index (χ1n) is 13.9. The van der Waals surface area contributed by atoms with E-state index in [0.29, 0.717) is 5.56 Å². The maximum absolute atomic E-state index is 12.7. The second-order valence-electron chi connectivity index (χ2n) is 12.5. The Morgan fingerprint density at radius 1 is 0.825 bits per heavy atom. The molecule has 0 radical (unpaired) electrons. The molecule has 0 heterocycles. The van der Waals surface area contributed by atoms with Crippen LogP contribution in [0.25, 0.3) is 0 Å². The Labute approximate surface area is 237 Å². The van der Waals surface area contributed by atoms with Crippen molar-refractivity contribution in [3.8, 4) is 11.5 Å². The molecule has 0 unspecified atom stereocenters. The molecule has 3 atom stereocenters. The molecule has 0 aromatic heterocycles. The van der Waals surface area contributed by atoms with Crippen LogP contribution < -0.4 is 15.2 Å². The first kappa shape index (κ1) is 33.1. The van der Waals surface area contributed by atoms with Gasteiger partial charge in [0.05, 0.1) is 10.8 Å². The van der Waals surface area contributed by atoms with Gasteiger partial charge in [0.1, 0.15) is 24.4 Å². The average molecular weight is 564 g/mol. The molecule has 2 rings (SSSR count). The topological polar surface area (TPSA) is 140 Å². The monoisotopic (exact) mass is 563 g/mol. The summed E-state index contributed by atoms with van der Waals surface area (Å²) in [6, 6.07) is 3.58. The van der Waals surface area contributed by atoms with Crippen LogP contribution in [-0.4, -0.2) is 48.4 Å². The van der Waals surface area contributed by atoms with Crippen molar-refractivity contribution in [2.75, 3.05) is 0 Å². The molecule has 1 aliphatic carbocycles. The Hall–Kier alpha value is -3.14. The lowest BCUT2D eigenvalue weighted by atomic mass is 9.97. The molecule has 224 valence electrons. The zero-order chi connectivity index (χ0) is 30.3. The number of esters is 3. The summed E-state index contributed by atoms with van der Waals surface area (Å²) in [5, 5.41) is 0. The van der Waals surface area contributed by atoms with Crippen LogP contribution in [-0.2, 0) is 35.0 Å². The molecule has 40 heavy (non-hydrogen) atoms. The zero-order valence-corrected chi connectivity index (χ0v) is 25.0. The molecular formula is C30H45NO9. The van der Waals surface area contributed by atoms with Gasteiger partial charge in [-0.05, 0) is 105 Å². The van der Waals surface area contributed by atoms with Crippen LogP contribution in [0.5, 0.6) is 11.5 Å². The summed E-state index contributed by atoms with van der Waals surface area (Å²) < 4.78 is 27.2. The fourth-order valence-electron chi connectivity index (χ4n) is 3.65. The van der Waals surface area contributed by atoms with Gasteiger partial charge in [0.2, 0.25) is 0 Å². The molecule has 0 amide bonds. The van der Waals surface area contributed by atoms with E-state index in [1.807, 2.05) is 0 Å². The van der Waals surface area contributed by atoms with Crippen molar-refractivity contribution < 1.29 is 42.9 Å². The van der Waals surface area contributed by atoms with E-state index >= 15 is 0 Å². The fraction of sp³-hybridized carbons (Fsp3) is 0.667. The Morgan fingerprint density at radius 3 is 1.90 bits per heavy atom. The van der Waals surface area contributed by atoms with E-state index in [1.165, 1.54) is 12.1 Å². The number of carbonyl (C=O) groups excluding carboxylic acids is 4. The highest BCUT2D eigenvalue weighted by Crippen LogP contribution is 2.33. The molecule has 0 aliphatic heterocycles. The largest absolute Gasteiger partial charge is 0.508 e. The molecule has 1 fully saturated rings. The van der Waals surface area contributed by atoms with Gasteiger partial charge >= 0.3 is 24.1 Å². The number of ether oxygens (including phenoxy) is 5. The summed E-state index contributed by atoms with van der Waals surface area (Å²) in [6.07, 6.45) is 2.43. The lowest BCUT2D eigenvalue weighted by Gasteiger charge is -2.25. The van der Waals surface area contributed by atoms with E-state index in [0.717, 1.165) is 32.1 Å². The fourth-order valence-corrected chi connectivity index (χ4v) is 3.65. The van der Waals surface area contributed by atoms with Crippen molar-refractivity contribution >= 4 is 24.1 Å². The minimum atomic E-state index is -1.06. The second-order valence-corrected chi connectivity index (χ2v) is 12.5. The predicted molar refractivity (Wildman–Crippen MR) is 148 cm³/mol. The third-order valence-corrected chi connectivity index (χ3v) is 6.46. The van der Waals surface area contributed by atoms with E-state index in [9.17, 15) is 19.2 Å². The molecule has 1 aromatic rings. The number of hydrogen-bond donors (Lipinski definition) is 1. The number of carbonyl (C=O) groups is 4. The van der Waals surface area contributed by atoms with Crippen LogP contribution in [0.15, 0.2) is 18.2 Å². The summed E-state index contributed by atoms with van der Waals surface area (Å²) in [4.78, 5) is 49.9. The smallest absolute Gasteiger partial charge is 0.458 e. The molecule has 1 saturated carbocycles. The van der Waals surface area contributed by atoms with Crippen molar-refractivity contribution in [3.63, 3.8) is 0 Å². The van der Waals surface area contributed by atoms with Crippen LogP contribution >= 0.6 is 0 Å². The average Bonchev–Trinajstić information content (AvgIpc) is 2.84. The van der Waals surface area contributed by atoms with Crippen LogP contribution in [0.4, 0.5) is 4.79 Å². The third-order valence-electron chi connectivity index (χ3n) is 6.46. The van der Waals surface area contributed by atoms with Crippen molar-refractivity contribution in [3.05, 3.63) is 23.8 Å². The lowest BCUT2D eigenvalue weighted by molar-refractivity contribution is -0.156. The quantitative estimate of drug-likeness (QED) is 0.312. The predicted octanol–water partition coefficient (Wildman–Crippen LogP) is 5.27. The van der Waals surface area contributed by atoms with Crippen molar-refractivity contribution in [1.82, 2.24) is 0 Å². The highest BCUT2D eigenvalue weighted by atomic mass is 16.7. The van der Waals surface area contributed by atoms with E-state index < -0.39 is 53.1 Å². The second kappa shape index (κ2) is 14.0. The van der Waals surface area contributed by atoms with E-state index in [-0.39, 0.29) is 24.0 Å². The van der Waals surface area contributed by atoms with Gasteiger partial charge in [-0.1, -0.05) is 12.5 Å². The Balaban J connectivity index is 2.03. The molecule has 0 bridgehead atoms. The first-order valence-corrected chi connectivity index (χ1v) is 13.9. The zero-order valence-electron chi connectivity index (χ0n) is 25.0. The first-order chi connectivity index (χ1) is 18.5. The summed E-state index contributed by atoms with van der Waals surface area (Å²) in [5.74, 6) is -1.59. The number of rotatable bonds is 9. The SMILES string of the molecule is C[C@H](OC(=O)OC1CCCCC1)[C@H](C)OC(=O)[C@@H](N)Cc1ccc(OC(=O)C(C)(C)C)c(OC(=O)C(C)(C)C)c1. The van der Waals surface area contributed by atoms with Crippen molar-refractivity contribution in [1.29, 1.82) is 0 Å². The normalized spacial score (nSPS) is 16.7. The summed E-state index contributed by atoms with van der Waals surface area (Å²) in [7, 11) is 0. The summed E-state index contributed by atoms with van der Waals surface area (Å²) >= 11 is 0. The lowest BCUT2D eigenvalue weighted by Crippen LogP contribution is -2.39. The summed E-state index contributed by atoms with van der Waals surface area (Å²) in [6.45, 7) is 13.4. The number of nitrogens with two attached hydrogens (primary N) is 1. The molecule has 1 aliphatic rings. The van der Waals surface area contributed by atoms with Crippen LogP contribution in [0, 0.1) is 10.8 Å². The molecule has 0 saturated heterocycles. The van der Waals surface area contributed by atoms with E-state index in [4.69, 9.17) is 29.4 Å². The molecule has 2 N–H and O–H groups in total. The number of benzene rings is 1. The molecular weight excluding hydrogens is 518 g/mol. The van der Waals surface area contributed by atoms with Gasteiger partial charge in [-0.15, -0.1) is 0 Å². The summed E-state index contributed by atoms with van der Waals surface area (Å²) in [5.41, 5.74) is 5.10. The Bertz CT molecular complexity index is 1050. The van der Waals surface area contributed by atoms with Gasteiger partial charge in [-0.25, -0.2) is 4.79 Å². The van der Waals surface area contributed by atoms with Crippen molar-refractivity contribution in [2.24, 2.45) is 16.6 Å². The van der Waals surface area contributed by atoms with Crippen molar-refractivity contribution in [2.45, 2.75) is 118 Å². The van der Waals surface area contributed by atoms with Gasteiger partial charge in [-0.2, -0.15) is 0 Å². The molecule has 0 spiro atoms. The minimum absolute atomic E-state index is 0.0439. The maximum atomic E-state index is 12.7. The maximum Gasteiger partial charge on any atom is 0.508 e. The standard InChI is InChI=1S/C30H45NO9/c1-18(19(2)37-28(35)38-21-12-10-9-11-13-21)36-25(32)22(31)16-20-14-15-23(39-26(33)29(3,4)5)24(17-20)40-27(34)30(6,7)8/h14-15,17-19,21-22H,9-13,16,31H2,1-8H3/t18-,19-,22-/m0/s1. The Morgan fingerprint density at radius 2 is 1.35 bits per heavy atom. The number of hydrogen-bond acceptors (Lipinski definition) is 10. The Kier molecular flexibility index (Phi) is 11.5. The van der Waals surface area contributed by atoms with Gasteiger partial charge in [-0.3, -0.25) is 14.4 Å². The highest BCUT2D eigenvalue weighted by molar-refractivity contribution is 5.81. The molecule has 10 heteroatoms. The van der Waals surface area contributed by atoms with Gasteiger partial charge < -0.3 is 29.4 Å². The highest BCUT2D eigenvalue weighted by Gasteiger charge is 2.30. The minimum Gasteiger partial charge on any atom is -0.458 e. The van der Waals surface area contributed by atoms with E-state index in [1.54, 1.807) is 61.5 Å². The van der Waals surface area contributed by atoms with Gasteiger partial charge in [0.25, 0.3) is 0 Å². The van der Waals surface area contributed by atoms with Gasteiger partial charge in [0, 0.05) is 0 Å². The van der Waals surface area contributed by atoms with Crippen LogP contribution in [0.3, 0.4) is 0 Å². The van der Waals surface area contributed by atoms with Crippen LogP contribution in [0.2, 0.25) is 0 Å². The third kappa shape index (κ3) is 10.4. The van der Waals surface area contributed by atoms with Gasteiger partial charge in [0.15, 0.2) is 11.5 Å². The van der Waals surface area contributed by atoms with E-state index in [2.05, 4.69) is 0 Å². The molecule has 1 aromatic carbocycles. The molecule has 10 nitrogen and oxygen atoms in total. The van der Waals surface area contributed by atoms with Crippen LogP contribution in [0.1, 0.15) is 93.1 Å².